The summed E-state index contributed by atoms with van der Waals surface area (Å²) in [7, 11) is -14.9. The third-order valence-corrected chi connectivity index (χ3v) is 9.37. The fourth-order valence-corrected chi connectivity index (χ4v) is 6.89. The van der Waals surface area contributed by atoms with Gasteiger partial charge in [-0.3, -0.25) is 18.9 Å². The van der Waals surface area contributed by atoms with Crippen LogP contribution in [0, 0.1) is 0 Å². The highest BCUT2D eigenvalue weighted by molar-refractivity contribution is 7.66. The summed E-state index contributed by atoms with van der Waals surface area (Å²) in [4.78, 5) is 64.8. The van der Waals surface area contributed by atoms with Gasteiger partial charge in [-0.15, -0.1) is 0 Å². The van der Waals surface area contributed by atoms with Crippen molar-refractivity contribution in [3.8, 4) is 0 Å². The van der Waals surface area contributed by atoms with Gasteiger partial charge in [-0.1, -0.05) is 0 Å². The van der Waals surface area contributed by atoms with E-state index >= 15 is 0 Å². The molecular weight excluding hydrogens is 555 g/mol. The molecule has 7 N–H and O–H groups in total. The number of rotatable bonds is 9. The number of ether oxygens (including phenoxy) is 1. The standard InChI is InChI=1S/C15H26N3O15P3/c1-17-4-2-8(3-5-17)18-6-9(14(21)16-15(18)22)13-12(20)11(19)10(31-13)7-30-35(26,27)33-36(28,29)32-34(23,24)25/h6,8,10-13,19-20H,2-5,7H2,1H3,(H,26,27)(H,28,29)(H,16,21,22)(H2,23,24,25)/t10-,11?,12?,13+/m1/s1. The van der Waals surface area contributed by atoms with E-state index in [1.54, 1.807) is 0 Å². The molecule has 4 unspecified atom stereocenters. The lowest BCUT2D eigenvalue weighted by atomic mass is 10.0. The lowest BCUT2D eigenvalue weighted by molar-refractivity contribution is -0.0229. The second-order valence-electron chi connectivity index (χ2n) is 8.25. The molecule has 0 saturated carbocycles. The van der Waals surface area contributed by atoms with Gasteiger partial charge in [0.15, 0.2) is 0 Å². The highest BCUT2D eigenvalue weighted by Gasteiger charge is 2.47. The van der Waals surface area contributed by atoms with Gasteiger partial charge in [-0.05, 0) is 33.0 Å². The highest BCUT2D eigenvalue weighted by atomic mass is 31.3. The lowest BCUT2D eigenvalue weighted by Gasteiger charge is -2.30. The summed E-state index contributed by atoms with van der Waals surface area (Å²) in [6.45, 7) is 0.371. The minimum absolute atomic E-state index is 0.207. The third kappa shape index (κ3) is 7.49. The number of hydrogen-bond donors (Lipinski definition) is 7. The van der Waals surface area contributed by atoms with Gasteiger partial charge in [0.05, 0.1) is 12.2 Å². The number of aliphatic hydroxyl groups is 2. The van der Waals surface area contributed by atoms with Crippen LogP contribution in [0.3, 0.4) is 0 Å². The molecule has 2 saturated heterocycles. The fraction of sp³-hybridized carbons (Fsp3) is 0.733. The fourth-order valence-electron chi connectivity index (χ4n) is 3.86. The molecule has 2 aliphatic rings. The van der Waals surface area contributed by atoms with Crippen LogP contribution in [0.5, 0.6) is 0 Å². The van der Waals surface area contributed by atoms with Crippen LogP contribution < -0.4 is 11.2 Å². The summed E-state index contributed by atoms with van der Waals surface area (Å²) in [6, 6.07) is -0.242. The first-order valence-corrected chi connectivity index (χ1v) is 14.8. The number of likely N-dealkylation sites (tertiary alicyclic amines) is 1. The van der Waals surface area contributed by atoms with Crippen molar-refractivity contribution in [1.82, 2.24) is 14.5 Å². The molecule has 2 aliphatic heterocycles. The van der Waals surface area contributed by atoms with Gasteiger partial charge in [0.25, 0.3) is 5.56 Å². The molecule has 206 valence electrons. The summed E-state index contributed by atoms with van der Waals surface area (Å²) < 4.78 is 52.3. The van der Waals surface area contributed by atoms with Crippen LogP contribution in [0.15, 0.2) is 15.8 Å². The van der Waals surface area contributed by atoms with Crippen molar-refractivity contribution >= 4 is 23.5 Å². The second kappa shape index (κ2) is 11.0. The molecule has 0 bridgehead atoms. The Morgan fingerprint density at radius 1 is 1.03 bits per heavy atom. The zero-order chi connectivity index (χ0) is 27.1. The van der Waals surface area contributed by atoms with E-state index in [4.69, 9.17) is 14.5 Å². The SMILES string of the molecule is CN1CCC(n2cc([C@@H]3O[C@H](COP(=O)(O)OP(=O)(O)OP(=O)(O)O)C(O)C3O)c(=O)[nH]c2=O)CC1. The van der Waals surface area contributed by atoms with E-state index in [1.807, 2.05) is 7.05 Å². The number of aromatic nitrogens is 2. The molecule has 2 fully saturated rings. The van der Waals surface area contributed by atoms with E-state index in [0.717, 1.165) is 0 Å². The van der Waals surface area contributed by atoms with Crippen LogP contribution >= 0.6 is 23.5 Å². The molecule has 21 heteroatoms. The van der Waals surface area contributed by atoms with Crippen molar-refractivity contribution in [2.75, 3.05) is 26.7 Å². The summed E-state index contributed by atoms with van der Waals surface area (Å²) in [5.41, 5.74) is -1.77. The minimum Gasteiger partial charge on any atom is -0.387 e. The zero-order valence-corrected chi connectivity index (χ0v) is 21.3. The summed E-state index contributed by atoms with van der Waals surface area (Å²) in [5.74, 6) is 0. The normalized spacial score (nSPS) is 29.6. The average Bonchev–Trinajstić information content (AvgIpc) is 2.99. The Morgan fingerprint density at radius 2 is 1.64 bits per heavy atom. The monoisotopic (exact) mass is 581 g/mol. The Kier molecular flexibility index (Phi) is 8.98. The van der Waals surface area contributed by atoms with Gasteiger partial charge in [0.2, 0.25) is 0 Å². The van der Waals surface area contributed by atoms with Crippen molar-refractivity contribution in [2.45, 2.75) is 43.3 Å². The van der Waals surface area contributed by atoms with Crippen LogP contribution in [-0.2, 0) is 31.6 Å². The number of phosphoric acid groups is 3. The first-order chi connectivity index (χ1) is 16.5. The van der Waals surface area contributed by atoms with Crippen molar-refractivity contribution < 1.29 is 61.4 Å². The quantitative estimate of drug-likeness (QED) is 0.160. The summed E-state index contributed by atoms with van der Waals surface area (Å²) in [5, 5.41) is 20.7. The molecule has 3 heterocycles. The molecule has 0 radical (unpaired) electrons. The van der Waals surface area contributed by atoms with Crippen molar-refractivity contribution in [3.05, 3.63) is 32.6 Å². The predicted molar refractivity (Wildman–Crippen MR) is 117 cm³/mol. The van der Waals surface area contributed by atoms with E-state index < -0.39 is 65.7 Å². The Morgan fingerprint density at radius 3 is 2.22 bits per heavy atom. The topological polar surface area (TPSA) is 268 Å². The molecule has 0 amide bonds. The molecule has 6 atom stereocenters. The Bertz CT molecular complexity index is 1200. The number of aromatic amines is 1. The average molecular weight is 581 g/mol. The molecule has 0 spiro atoms. The largest absolute Gasteiger partial charge is 0.490 e. The summed E-state index contributed by atoms with van der Waals surface area (Å²) in [6.07, 6.45) is -4.16. The van der Waals surface area contributed by atoms with Crippen molar-refractivity contribution in [3.63, 3.8) is 0 Å². The van der Waals surface area contributed by atoms with E-state index in [9.17, 15) is 43.3 Å². The number of aliphatic hydroxyl groups excluding tert-OH is 2. The van der Waals surface area contributed by atoms with Crippen LogP contribution in [0.2, 0.25) is 0 Å². The first-order valence-electron chi connectivity index (χ1n) is 10.3. The van der Waals surface area contributed by atoms with Gasteiger partial charge in [0.1, 0.15) is 24.4 Å². The molecule has 0 aliphatic carbocycles. The Balaban J connectivity index is 1.73. The third-order valence-electron chi connectivity index (χ3n) is 5.56. The minimum atomic E-state index is -5.75. The highest BCUT2D eigenvalue weighted by Crippen LogP contribution is 2.66. The maximum Gasteiger partial charge on any atom is 0.490 e. The molecule has 0 aromatic carbocycles. The van der Waals surface area contributed by atoms with Gasteiger partial charge in [0, 0.05) is 12.2 Å². The van der Waals surface area contributed by atoms with Gasteiger partial charge in [-0.25, -0.2) is 18.5 Å². The number of nitrogens with one attached hydrogen (secondary N) is 1. The first kappa shape index (κ1) is 29.5. The zero-order valence-electron chi connectivity index (χ0n) is 18.6. The Labute approximate surface area is 202 Å². The maximum absolute atomic E-state index is 12.4. The van der Waals surface area contributed by atoms with E-state index in [0.29, 0.717) is 25.9 Å². The molecular formula is C15H26N3O15P3. The van der Waals surface area contributed by atoms with E-state index in [-0.39, 0.29) is 11.6 Å². The molecule has 18 nitrogen and oxygen atoms in total. The number of nitrogens with zero attached hydrogens (tertiary/aromatic N) is 2. The molecule has 1 aromatic heterocycles. The Hall–Kier alpha value is -1.07. The smallest absolute Gasteiger partial charge is 0.387 e. The second-order valence-corrected chi connectivity index (χ2v) is 12.7. The number of H-pyrrole nitrogens is 1. The van der Waals surface area contributed by atoms with Crippen LogP contribution in [0.1, 0.15) is 30.6 Å². The van der Waals surface area contributed by atoms with Crippen LogP contribution in [-0.4, -0.2) is 89.3 Å². The van der Waals surface area contributed by atoms with Gasteiger partial charge < -0.3 is 39.4 Å². The molecule has 36 heavy (non-hydrogen) atoms. The van der Waals surface area contributed by atoms with E-state index in [1.165, 1.54) is 10.8 Å². The molecule has 3 rings (SSSR count). The van der Waals surface area contributed by atoms with Gasteiger partial charge in [-0.2, -0.15) is 8.62 Å². The predicted octanol–water partition coefficient (Wildman–Crippen LogP) is -1.69. The van der Waals surface area contributed by atoms with Crippen LogP contribution in [0.4, 0.5) is 0 Å². The number of hydrogen-bond acceptors (Lipinski definition) is 12. The van der Waals surface area contributed by atoms with Crippen molar-refractivity contribution in [1.29, 1.82) is 0 Å². The summed E-state index contributed by atoms with van der Waals surface area (Å²) >= 11 is 0. The molecule has 1 aromatic rings. The van der Waals surface area contributed by atoms with Crippen LogP contribution in [0.25, 0.3) is 0 Å². The maximum atomic E-state index is 12.4. The van der Waals surface area contributed by atoms with Crippen molar-refractivity contribution in [2.24, 2.45) is 0 Å². The van der Waals surface area contributed by atoms with E-state index in [2.05, 4.69) is 23.0 Å². The van der Waals surface area contributed by atoms with Gasteiger partial charge >= 0.3 is 29.2 Å². The lowest BCUT2D eigenvalue weighted by Crippen LogP contribution is -2.40. The number of phosphoric ester groups is 1. The number of piperidine rings is 1.